The highest BCUT2D eigenvalue weighted by molar-refractivity contribution is 7.89. The number of isocyanates is 1. The van der Waals surface area contributed by atoms with Gasteiger partial charge in [-0.25, -0.2) is 13.2 Å². The zero-order valence-electron chi connectivity index (χ0n) is 4.79. The number of sulfonamides is 1. The molecule has 52 valence electrons. The number of nitrogens with one attached hydrogen (secondary N) is 1. The van der Waals surface area contributed by atoms with Crippen molar-refractivity contribution in [3.63, 3.8) is 0 Å². The van der Waals surface area contributed by atoms with Gasteiger partial charge in [-0.15, -0.1) is 0 Å². The first kappa shape index (κ1) is 8.13. The molecule has 9 heavy (non-hydrogen) atoms. The van der Waals surface area contributed by atoms with E-state index in [-0.39, 0.29) is 5.75 Å². The molecule has 0 unspecified atom stereocenters. The molecule has 0 heterocycles. The molecular weight excluding hydrogens is 144 g/mol. The predicted molar refractivity (Wildman–Crippen MR) is 30.7 cm³/mol. The second kappa shape index (κ2) is 3.21. The topological polar surface area (TPSA) is 75.6 Å². The van der Waals surface area contributed by atoms with Gasteiger partial charge in [0, 0.05) is 0 Å². The van der Waals surface area contributed by atoms with Crippen LogP contribution in [0.3, 0.4) is 0 Å². The molecule has 0 aromatic rings. The summed E-state index contributed by atoms with van der Waals surface area (Å²) in [5.74, 6) is -0.0990. The highest BCUT2D eigenvalue weighted by atomic mass is 32.2. The Morgan fingerprint density at radius 2 is 2.22 bits per heavy atom. The van der Waals surface area contributed by atoms with Crippen LogP contribution in [0.25, 0.3) is 0 Å². The number of hydrogen-bond donors (Lipinski definition) is 1. The van der Waals surface area contributed by atoms with Crippen molar-refractivity contribution in [3.8, 4) is 0 Å². The molecule has 0 aliphatic carbocycles. The SMILES string of the molecule is CCS(=O)(=O)NN=C=O. The summed E-state index contributed by atoms with van der Waals surface area (Å²) < 4.78 is 20.7. The van der Waals surface area contributed by atoms with Gasteiger partial charge >= 0.3 is 0 Å². The lowest BCUT2D eigenvalue weighted by atomic mass is 11.0. The van der Waals surface area contributed by atoms with E-state index in [1.54, 1.807) is 4.83 Å². The van der Waals surface area contributed by atoms with Crippen LogP contribution in [-0.4, -0.2) is 20.3 Å². The molecule has 0 bridgehead atoms. The van der Waals surface area contributed by atoms with E-state index < -0.39 is 10.0 Å². The number of carbonyl (C=O) groups excluding carboxylic acids is 1. The molecule has 0 rings (SSSR count). The van der Waals surface area contributed by atoms with Crippen LogP contribution in [0.5, 0.6) is 0 Å². The van der Waals surface area contributed by atoms with Gasteiger partial charge in [-0.05, 0) is 6.92 Å². The van der Waals surface area contributed by atoms with Gasteiger partial charge in [0.05, 0.1) is 5.75 Å². The van der Waals surface area contributed by atoms with Crippen LogP contribution in [0.15, 0.2) is 5.10 Å². The minimum Gasteiger partial charge on any atom is -0.209 e. The Hall–Kier alpha value is -0.870. The Kier molecular flexibility index (Phi) is 2.90. The smallest absolute Gasteiger partial charge is 0.209 e. The van der Waals surface area contributed by atoms with E-state index in [0.29, 0.717) is 0 Å². The fourth-order valence-corrected chi connectivity index (χ4v) is 0.458. The van der Waals surface area contributed by atoms with Gasteiger partial charge in [0.25, 0.3) is 6.08 Å². The number of hydrogen-bond acceptors (Lipinski definition) is 4. The quantitative estimate of drug-likeness (QED) is 0.324. The van der Waals surface area contributed by atoms with Crippen molar-refractivity contribution in [1.29, 1.82) is 0 Å². The normalized spacial score (nSPS) is 9.89. The molecule has 0 aromatic carbocycles. The van der Waals surface area contributed by atoms with Crippen molar-refractivity contribution in [1.82, 2.24) is 4.83 Å². The van der Waals surface area contributed by atoms with Gasteiger partial charge in [0.15, 0.2) is 0 Å². The second-order valence-corrected chi connectivity index (χ2v) is 3.19. The lowest BCUT2D eigenvalue weighted by molar-refractivity contribution is 0.557. The zero-order valence-corrected chi connectivity index (χ0v) is 5.60. The van der Waals surface area contributed by atoms with Crippen LogP contribution in [0.1, 0.15) is 6.92 Å². The van der Waals surface area contributed by atoms with Crippen molar-refractivity contribution in [2.24, 2.45) is 5.10 Å². The standard InChI is InChI=1S/C3H6N2O3S/c1-2-9(7,8)5-4-3-6/h5H,2H2,1H3. The molecule has 1 N–H and O–H groups in total. The van der Waals surface area contributed by atoms with Gasteiger partial charge in [-0.1, -0.05) is 5.10 Å². The van der Waals surface area contributed by atoms with Crippen LogP contribution in [0, 0.1) is 0 Å². The van der Waals surface area contributed by atoms with Crippen LogP contribution < -0.4 is 4.83 Å². The molecule has 0 amide bonds. The predicted octanol–water partition coefficient (Wildman–Crippen LogP) is -0.824. The largest absolute Gasteiger partial charge is 0.259 e. The lowest BCUT2D eigenvalue weighted by Crippen LogP contribution is -2.19. The molecule has 0 aromatic heterocycles. The summed E-state index contributed by atoms with van der Waals surface area (Å²) in [6.07, 6.45) is 1.04. The Bertz CT molecular complexity index is 213. The Morgan fingerprint density at radius 3 is 2.56 bits per heavy atom. The molecule has 0 spiro atoms. The van der Waals surface area contributed by atoms with E-state index in [1.807, 2.05) is 0 Å². The fourth-order valence-electron chi connectivity index (χ4n) is 0.153. The highest BCUT2D eigenvalue weighted by Crippen LogP contribution is 1.78. The second-order valence-electron chi connectivity index (χ2n) is 1.20. The van der Waals surface area contributed by atoms with Crippen LogP contribution in [0.4, 0.5) is 0 Å². The number of nitrogens with zero attached hydrogens (tertiary/aromatic N) is 1. The molecule has 0 aliphatic heterocycles. The third-order valence-electron chi connectivity index (χ3n) is 0.610. The number of rotatable bonds is 3. The summed E-state index contributed by atoms with van der Waals surface area (Å²) in [5.41, 5.74) is 0. The van der Waals surface area contributed by atoms with E-state index in [2.05, 4.69) is 5.10 Å². The van der Waals surface area contributed by atoms with Gasteiger partial charge in [-0.3, -0.25) is 0 Å². The first-order valence-corrected chi connectivity index (χ1v) is 3.84. The molecule has 0 saturated carbocycles. The molecule has 0 aliphatic rings. The molecule has 0 atom stereocenters. The summed E-state index contributed by atoms with van der Waals surface area (Å²) >= 11 is 0. The minimum absolute atomic E-state index is 0.0990. The highest BCUT2D eigenvalue weighted by Gasteiger charge is 2.01. The maximum Gasteiger partial charge on any atom is 0.259 e. The summed E-state index contributed by atoms with van der Waals surface area (Å²) in [6.45, 7) is 1.43. The van der Waals surface area contributed by atoms with Gasteiger partial charge < -0.3 is 0 Å². The van der Waals surface area contributed by atoms with E-state index in [4.69, 9.17) is 0 Å². The molecular formula is C3H6N2O3S. The Labute approximate surface area is 52.8 Å². The maximum atomic E-state index is 10.4. The summed E-state index contributed by atoms with van der Waals surface area (Å²) in [7, 11) is -3.36. The molecule has 0 saturated heterocycles. The molecule has 0 radical (unpaired) electrons. The van der Waals surface area contributed by atoms with Crippen molar-refractivity contribution in [2.75, 3.05) is 5.75 Å². The van der Waals surface area contributed by atoms with Crippen LogP contribution in [-0.2, 0) is 14.8 Å². The van der Waals surface area contributed by atoms with Gasteiger partial charge in [-0.2, -0.15) is 4.83 Å². The van der Waals surface area contributed by atoms with Gasteiger partial charge in [0.2, 0.25) is 10.0 Å². The first-order valence-electron chi connectivity index (χ1n) is 2.18. The summed E-state index contributed by atoms with van der Waals surface area (Å²) in [6, 6.07) is 0. The third kappa shape index (κ3) is 3.69. The van der Waals surface area contributed by atoms with E-state index in [1.165, 1.54) is 6.92 Å². The number of hydrazone groups is 1. The first-order chi connectivity index (χ1) is 4.12. The maximum absolute atomic E-state index is 10.4. The average Bonchev–Trinajstić information content (AvgIpc) is 1.84. The van der Waals surface area contributed by atoms with E-state index >= 15 is 0 Å². The Morgan fingerprint density at radius 1 is 1.67 bits per heavy atom. The van der Waals surface area contributed by atoms with Crippen LogP contribution >= 0.6 is 0 Å². The summed E-state index contributed by atoms with van der Waals surface area (Å²) in [4.78, 5) is 11.0. The van der Waals surface area contributed by atoms with Crippen molar-refractivity contribution >= 4 is 16.1 Å². The summed E-state index contributed by atoms with van der Waals surface area (Å²) in [5, 5.41) is 2.67. The molecule has 6 heteroatoms. The van der Waals surface area contributed by atoms with E-state index in [9.17, 15) is 13.2 Å². The minimum atomic E-state index is -3.36. The van der Waals surface area contributed by atoms with Gasteiger partial charge in [0.1, 0.15) is 0 Å². The lowest BCUT2D eigenvalue weighted by Gasteiger charge is -1.92. The average molecular weight is 150 g/mol. The molecule has 5 nitrogen and oxygen atoms in total. The molecule has 0 fully saturated rings. The van der Waals surface area contributed by atoms with E-state index in [0.717, 1.165) is 6.08 Å². The van der Waals surface area contributed by atoms with Crippen molar-refractivity contribution in [3.05, 3.63) is 0 Å². The third-order valence-corrected chi connectivity index (χ3v) is 1.74. The zero-order chi connectivity index (χ0) is 7.33. The monoisotopic (exact) mass is 150 g/mol. The fraction of sp³-hybridized carbons (Fsp3) is 0.667. The van der Waals surface area contributed by atoms with Crippen molar-refractivity contribution in [2.45, 2.75) is 6.92 Å². The Balaban J connectivity index is 4.05. The van der Waals surface area contributed by atoms with Crippen molar-refractivity contribution < 1.29 is 13.2 Å². The van der Waals surface area contributed by atoms with Crippen LogP contribution in [0.2, 0.25) is 0 Å².